The van der Waals surface area contributed by atoms with E-state index >= 15 is 0 Å². The number of allylic oxidation sites excluding steroid dienone is 4. The molecule has 6 aromatic carbocycles. The van der Waals surface area contributed by atoms with Gasteiger partial charge in [-0.2, -0.15) is 0 Å². The molecule has 7 aromatic rings. The van der Waals surface area contributed by atoms with Gasteiger partial charge in [0.05, 0.1) is 11.0 Å². The summed E-state index contributed by atoms with van der Waals surface area (Å²) in [5.41, 5.74) is 7.49. The van der Waals surface area contributed by atoms with Crippen LogP contribution in [-0.2, 0) is 0 Å². The number of nitrogens with zero attached hydrogens (tertiary/aromatic N) is 1. The van der Waals surface area contributed by atoms with Crippen molar-refractivity contribution in [2.45, 2.75) is 19.8 Å². The number of fused-ring (bicyclic) bond motifs is 3. The summed E-state index contributed by atoms with van der Waals surface area (Å²) >= 11 is 0. The first-order valence-electron chi connectivity index (χ1n) is 15.9. The van der Waals surface area contributed by atoms with Gasteiger partial charge < -0.3 is 4.57 Å². The molecule has 0 N–H and O–H groups in total. The Morgan fingerprint density at radius 3 is 1.96 bits per heavy atom. The number of hydrogen-bond donors (Lipinski definition) is 0. The van der Waals surface area contributed by atoms with Crippen LogP contribution in [0.3, 0.4) is 0 Å². The zero-order valence-corrected chi connectivity index (χ0v) is 26.5. The fourth-order valence-corrected chi connectivity index (χ4v) is 12.5. The van der Waals surface area contributed by atoms with E-state index in [4.69, 9.17) is 0 Å². The molecule has 0 aliphatic heterocycles. The molecule has 0 amide bonds. The van der Waals surface area contributed by atoms with Crippen molar-refractivity contribution in [3.05, 3.63) is 181 Å². The molecule has 1 nitrogen and oxygen atoms in total. The first-order chi connectivity index (χ1) is 22.2. The summed E-state index contributed by atoms with van der Waals surface area (Å²) in [7, 11) is -2.73. The van der Waals surface area contributed by atoms with E-state index in [1.807, 2.05) is 0 Å². The van der Waals surface area contributed by atoms with E-state index in [9.17, 15) is 0 Å². The Morgan fingerprint density at radius 2 is 1.20 bits per heavy atom. The van der Waals surface area contributed by atoms with Crippen LogP contribution in [0.15, 0.2) is 175 Å². The van der Waals surface area contributed by atoms with E-state index in [0.29, 0.717) is 0 Å². The molecule has 0 saturated carbocycles. The van der Waals surface area contributed by atoms with Gasteiger partial charge in [-0.1, -0.05) is 151 Å². The Morgan fingerprint density at radius 1 is 0.511 bits per heavy atom. The minimum Gasteiger partial charge on any atom is -0.309 e. The molecule has 1 aromatic heterocycles. The van der Waals surface area contributed by atoms with Gasteiger partial charge in [0.1, 0.15) is 0 Å². The minimum atomic E-state index is -2.73. The lowest BCUT2D eigenvalue weighted by Gasteiger charge is -2.36. The lowest BCUT2D eigenvalue weighted by molar-refractivity contribution is 1.03. The summed E-state index contributed by atoms with van der Waals surface area (Å²) in [5, 5.41) is 8.32. The Hall–Kier alpha value is -5.18. The standard InChI is InChI=1S/C43H35NSi/c1-32-28-34(33-16-6-2-7-17-33)30-39(29-32)45(36-20-10-4-11-21-36,37-22-12-5-13-23-37)38-26-27-43-41(31-38)40-24-14-15-25-42(40)44(43)35-18-8-3-9-19-35/h2-4,6-12,14-31H,5,13H2,1H3. The molecular weight excluding hydrogens is 559 g/mol. The summed E-state index contributed by atoms with van der Waals surface area (Å²) in [6, 6.07) is 56.4. The van der Waals surface area contributed by atoms with E-state index in [2.05, 4.69) is 181 Å². The first kappa shape index (κ1) is 27.4. The van der Waals surface area contributed by atoms with E-state index in [1.54, 1.807) is 0 Å². The van der Waals surface area contributed by atoms with Gasteiger partial charge >= 0.3 is 0 Å². The quantitative estimate of drug-likeness (QED) is 0.134. The van der Waals surface area contributed by atoms with Crippen molar-refractivity contribution in [2.75, 3.05) is 0 Å². The van der Waals surface area contributed by atoms with E-state index < -0.39 is 8.07 Å². The molecule has 45 heavy (non-hydrogen) atoms. The average molecular weight is 594 g/mol. The number of aryl methyl sites for hydroxylation is 1. The SMILES string of the molecule is Cc1cc(-c2ccccc2)cc([Si](C2=CCCC=C2)(c2ccccc2)c2ccc3c(c2)c2ccccc2n3-c2ccccc2)c1. The second-order valence-electron chi connectivity index (χ2n) is 12.1. The molecule has 8 rings (SSSR count). The van der Waals surface area contributed by atoms with Crippen LogP contribution in [-0.4, -0.2) is 12.6 Å². The largest absolute Gasteiger partial charge is 0.309 e. The van der Waals surface area contributed by atoms with Crippen molar-refractivity contribution < 1.29 is 0 Å². The molecule has 0 bridgehead atoms. The Kier molecular flexibility index (Phi) is 6.93. The van der Waals surface area contributed by atoms with Gasteiger partial charge in [0.25, 0.3) is 0 Å². The second kappa shape index (κ2) is 11.4. The van der Waals surface area contributed by atoms with Crippen molar-refractivity contribution >= 4 is 45.4 Å². The van der Waals surface area contributed by atoms with Crippen LogP contribution in [0.4, 0.5) is 0 Å². The number of benzene rings is 6. The Balaban J connectivity index is 1.48. The number of para-hydroxylation sites is 2. The predicted octanol–water partition coefficient (Wildman–Crippen LogP) is 9.04. The maximum absolute atomic E-state index is 2.73. The summed E-state index contributed by atoms with van der Waals surface area (Å²) in [6.45, 7) is 2.25. The third-order valence-corrected chi connectivity index (χ3v) is 14.1. The molecule has 2 heteroatoms. The smallest absolute Gasteiger partial charge is 0.179 e. The molecule has 1 aliphatic carbocycles. The van der Waals surface area contributed by atoms with Crippen LogP contribution < -0.4 is 15.6 Å². The van der Waals surface area contributed by atoms with Crippen LogP contribution in [0.5, 0.6) is 0 Å². The molecule has 0 saturated heterocycles. The summed E-state index contributed by atoms with van der Waals surface area (Å²) in [6.07, 6.45) is 9.51. The number of aromatic nitrogens is 1. The fraction of sp³-hybridized carbons (Fsp3) is 0.0698. The second-order valence-corrected chi connectivity index (χ2v) is 15.9. The van der Waals surface area contributed by atoms with Crippen molar-refractivity contribution in [3.63, 3.8) is 0 Å². The molecule has 1 unspecified atom stereocenters. The summed E-state index contributed by atoms with van der Waals surface area (Å²) in [4.78, 5) is 0. The average Bonchev–Trinajstić information content (AvgIpc) is 3.44. The molecule has 1 atom stereocenters. The van der Waals surface area contributed by atoms with Gasteiger partial charge in [0.15, 0.2) is 8.07 Å². The lowest BCUT2D eigenvalue weighted by Crippen LogP contribution is -2.68. The van der Waals surface area contributed by atoms with Gasteiger partial charge in [-0.25, -0.2) is 0 Å². The number of rotatable bonds is 6. The third-order valence-electron chi connectivity index (χ3n) is 9.37. The highest BCUT2D eigenvalue weighted by molar-refractivity contribution is 7.16. The first-order valence-corrected chi connectivity index (χ1v) is 17.9. The lowest BCUT2D eigenvalue weighted by atomic mass is 10.0. The molecule has 216 valence electrons. The third kappa shape index (κ3) is 4.61. The van der Waals surface area contributed by atoms with Gasteiger partial charge in [-0.15, -0.1) is 0 Å². The van der Waals surface area contributed by atoms with Crippen LogP contribution in [0.1, 0.15) is 18.4 Å². The van der Waals surface area contributed by atoms with Crippen LogP contribution in [0, 0.1) is 6.92 Å². The van der Waals surface area contributed by atoms with Crippen molar-refractivity contribution in [3.8, 4) is 16.8 Å². The van der Waals surface area contributed by atoms with Crippen LogP contribution in [0.2, 0.25) is 0 Å². The normalized spacial score (nSPS) is 14.4. The highest BCUT2D eigenvalue weighted by Gasteiger charge is 2.43. The topological polar surface area (TPSA) is 4.93 Å². The summed E-state index contributed by atoms with van der Waals surface area (Å²) in [5.74, 6) is 0. The molecular formula is C43H35NSi. The monoisotopic (exact) mass is 593 g/mol. The molecule has 1 heterocycles. The van der Waals surface area contributed by atoms with Crippen molar-refractivity contribution in [1.29, 1.82) is 0 Å². The van der Waals surface area contributed by atoms with Crippen LogP contribution >= 0.6 is 0 Å². The van der Waals surface area contributed by atoms with Gasteiger partial charge in [0.2, 0.25) is 0 Å². The molecule has 0 spiro atoms. The van der Waals surface area contributed by atoms with Gasteiger partial charge in [-0.05, 0) is 75.9 Å². The zero-order chi connectivity index (χ0) is 30.2. The maximum Gasteiger partial charge on any atom is 0.179 e. The van der Waals surface area contributed by atoms with E-state index in [1.165, 1.54) is 64.9 Å². The number of hydrogen-bond acceptors (Lipinski definition) is 0. The molecule has 0 fully saturated rings. The zero-order valence-electron chi connectivity index (χ0n) is 25.5. The Labute approximate surface area is 266 Å². The van der Waals surface area contributed by atoms with Crippen molar-refractivity contribution in [1.82, 2.24) is 4.57 Å². The summed E-state index contributed by atoms with van der Waals surface area (Å²) < 4.78 is 2.42. The van der Waals surface area contributed by atoms with E-state index in [0.717, 1.165) is 12.8 Å². The Bertz CT molecular complexity index is 2210. The van der Waals surface area contributed by atoms with E-state index in [-0.39, 0.29) is 0 Å². The highest BCUT2D eigenvalue weighted by Crippen LogP contribution is 2.33. The molecule has 1 aliphatic rings. The predicted molar refractivity (Wildman–Crippen MR) is 195 cm³/mol. The minimum absolute atomic E-state index is 1.07. The van der Waals surface area contributed by atoms with Gasteiger partial charge in [-0.3, -0.25) is 0 Å². The van der Waals surface area contributed by atoms with Crippen molar-refractivity contribution in [2.24, 2.45) is 0 Å². The van der Waals surface area contributed by atoms with Gasteiger partial charge in [0, 0.05) is 16.5 Å². The highest BCUT2D eigenvalue weighted by atomic mass is 28.3. The maximum atomic E-state index is 2.53. The fourth-order valence-electron chi connectivity index (χ4n) is 7.44. The molecule has 0 radical (unpaired) electrons. The van der Waals surface area contributed by atoms with Crippen LogP contribution in [0.25, 0.3) is 38.6 Å².